The molecule has 19 heavy (non-hydrogen) atoms. The van der Waals surface area contributed by atoms with Gasteiger partial charge in [0.15, 0.2) is 0 Å². The van der Waals surface area contributed by atoms with Crippen molar-refractivity contribution in [2.75, 3.05) is 26.2 Å². The van der Waals surface area contributed by atoms with Crippen LogP contribution in [-0.2, 0) is 0 Å². The third-order valence-corrected chi connectivity index (χ3v) is 5.39. The largest absolute Gasteiger partial charge is 0.310 e. The van der Waals surface area contributed by atoms with Crippen LogP contribution < -0.4 is 5.32 Å². The Morgan fingerprint density at radius 3 is 2.32 bits per heavy atom. The van der Waals surface area contributed by atoms with Crippen molar-refractivity contribution in [1.82, 2.24) is 10.2 Å². The van der Waals surface area contributed by atoms with Gasteiger partial charge in [-0.3, -0.25) is 0 Å². The van der Waals surface area contributed by atoms with Crippen molar-refractivity contribution in [2.24, 2.45) is 23.7 Å². The molecule has 2 aliphatic rings. The average Bonchev–Trinajstić information content (AvgIpc) is 3.12. The zero-order chi connectivity index (χ0) is 14.0. The molecule has 0 spiro atoms. The minimum atomic E-state index is 0.384. The molecule has 0 aromatic heterocycles. The topological polar surface area (TPSA) is 15.3 Å². The Hall–Kier alpha value is -0.0800. The quantitative estimate of drug-likeness (QED) is 0.820. The maximum absolute atomic E-state index is 3.84. The molecule has 0 bridgehead atoms. The molecule has 112 valence electrons. The summed E-state index contributed by atoms with van der Waals surface area (Å²) in [5.74, 6) is 3.36. The summed E-state index contributed by atoms with van der Waals surface area (Å²) < 4.78 is 0. The molecule has 1 atom stereocenters. The summed E-state index contributed by atoms with van der Waals surface area (Å²) in [6.45, 7) is 17.1. The van der Waals surface area contributed by atoms with Gasteiger partial charge >= 0.3 is 0 Å². The SMILES string of the molecule is CC(C)C(CN1CCCNC(C)(C2CC2)C1)C(C)C. The van der Waals surface area contributed by atoms with Crippen LogP contribution in [0, 0.1) is 23.7 Å². The molecule has 2 heteroatoms. The summed E-state index contributed by atoms with van der Waals surface area (Å²) in [6.07, 6.45) is 4.19. The number of nitrogens with zero attached hydrogens (tertiary/aromatic N) is 1. The second kappa shape index (κ2) is 6.13. The molecule has 0 aromatic rings. The molecular weight excluding hydrogens is 232 g/mol. The first-order valence-corrected chi connectivity index (χ1v) is 8.40. The number of hydrogen-bond donors (Lipinski definition) is 1. The molecule has 1 aliphatic heterocycles. The average molecular weight is 266 g/mol. The highest BCUT2D eigenvalue weighted by Crippen LogP contribution is 2.40. The van der Waals surface area contributed by atoms with Crippen molar-refractivity contribution >= 4 is 0 Å². The van der Waals surface area contributed by atoms with E-state index in [0.29, 0.717) is 5.54 Å². The molecule has 2 rings (SSSR count). The minimum absolute atomic E-state index is 0.384. The van der Waals surface area contributed by atoms with Crippen LogP contribution in [0.3, 0.4) is 0 Å². The Kier molecular flexibility index (Phi) is 4.94. The summed E-state index contributed by atoms with van der Waals surface area (Å²) in [7, 11) is 0. The van der Waals surface area contributed by atoms with Gasteiger partial charge in [-0.1, -0.05) is 27.7 Å². The first-order chi connectivity index (χ1) is 8.92. The van der Waals surface area contributed by atoms with Crippen LogP contribution in [0.15, 0.2) is 0 Å². The Morgan fingerprint density at radius 1 is 1.16 bits per heavy atom. The maximum Gasteiger partial charge on any atom is 0.0308 e. The highest BCUT2D eigenvalue weighted by Gasteiger charge is 2.43. The zero-order valence-corrected chi connectivity index (χ0v) is 13.7. The van der Waals surface area contributed by atoms with Gasteiger partial charge in [0.2, 0.25) is 0 Å². The van der Waals surface area contributed by atoms with Crippen molar-refractivity contribution in [2.45, 2.75) is 59.4 Å². The van der Waals surface area contributed by atoms with E-state index in [9.17, 15) is 0 Å². The van der Waals surface area contributed by atoms with E-state index >= 15 is 0 Å². The Bertz CT molecular complexity index is 275. The lowest BCUT2D eigenvalue weighted by molar-refractivity contribution is 0.138. The molecule has 1 unspecified atom stereocenters. The summed E-state index contributed by atoms with van der Waals surface area (Å²) in [5, 5.41) is 3.84. The third-order valence-electron chi connectivity index (χ3n) is 5.39. The van der Waals surface area contributed by atoms with Crippen LogP contribution >= 0.6 is 0 Å². The summed E-state index contributed by atoms with van der Waals surface area (Å²) >= 11 is 0. The molecule has 1 N–H and O–H groups in total. The molecule has 1 saturated heterocycles. The van der Waals surface area contributed by atoms with Crippen LogP contribution in [0.25, 0.3) is 0 Å². The zero-order valence-electron chi connectivity index (χ0n) is 13.7. The Labute approximate surface area is 120 Å². The summed E-state index contributed by atoms with van der Waals surface area (Å²) in [4.78, 5) is 2.75. The van der Waals surface area contributed by atoms with E-state index < -0.39 is 0 Å². The molecule has 0 aromatic carbocycles. The Morgan fingerprint density at radius 2 is 1.79 bits per heavy atom. The van der Waals surface area contributed by atoms with E-state index in [-0.39, 0.29) is 0 Å². The second-order valence-electron chi connectivity index (χ2n) is 7.86. The number of hydrogen-bond acceptors (Lipinski definition) is 2. The van der Waals surface area contributed by atoms with Crippen LogP contribution in [0.5, 0.6) is 0 Å². The first-order valence-electron chi connectivity index (χ1n) is 8.40. The van der Waals surface area contributed by atoms with E-state index in [2.05, 4.69) is 44.8 Å². The maximum atomic E-state index is 3.84. The van der Waals surface area contributed by atoms with Crippen LogP contribution in [0.4, 0.5) is 0 Å². The van der Waals surface area contributed by atoms with Gasteiger partial charge < -0.3 is 10.2 Å². The van der Waals surface area contributed by atoms with Crippen molar-refractivity contribution < 1.29 is 0 Å². The fourth-order valence-corrected chi connectivity index (χ4v) is 3.92. The third kappa shape index (κ3) is 3.95. The van der Waals surface area contributed by atoms with Gasteiger partial charge in [0, 0.05) is 18.6 Å². The van der Waals surface area contributed by atoms with Crippen LogP contribution in [-0.4, -0.2) is 36.6 Å². The van der Waals surface area contributed by atoms with Gasteiger partial charge in [-0.25, -0.2) is 0 Å². The summed E-state index contributed by atoms with van der Waals surface area (Å²) in [6, 6.07) is 0. The highest BCUT2D eigenvalue weighted by molar-refractivity contribution is 5.01. The van der Waals surface area contributed by atoms with Gasteiger partial charge in [0.05, 0.1) is 0 Å². The molecule has 0 radical (unpaired) electrons. The molecule has 2 fully saturated rings. The Balaban J connectivity index is 1.97. The normalized spacial score (nSPS) is 30.3. The van der Waals surface area contributed by atoms with Crippen molar-refractivity contribution in [1.29, 1.82) is 0 Å². The second-order valence-corrected chi connectivity index (χ2v) is 7.86. The van der Waals surface area contributed by atoms with Crippen molar-refractivity contribution in [3.8, 4) is 0 Å². The lowest BCUT2D eigenvalue weighted by Crippen LogP contribution is -2.51. The van der Waals surface area contributed by atoms with E-state index in [1.807, 2.05) is 0 Å². The predicted octanol–water partition coefficient (Wildman–Crippen LogP) is 3.38. The smallest absolute Gasteiger partial charge is 0.0308 e. The standard InChI is InChI=1S/C17H34N2/c1-13(2)16(14(3)4)11-19-10-6-9-18-17(5,12-19)15-7-8-15/h13-16,18H,6-12H2,1-5H3. The predicted molar refractivity (Wildman–Crippen MR) is 83.4 cm³/mol. The number of nitrogens with one attached hydrogen (secondary N) is 1. The summed E-state index contributed by atoms with van der Waals surface area (Å²) in [5.41, 5.74) is 0.384. The first kappa shape index (κ1) is 15.3. The fraction of sp³-hybridized carbons (Fsp3) is 1.00. The van der Waals surface area contributed by atoms with Gasteiger partial charge in [-0.2, -0.15) is 0 Å². The molecular formula is C17H34N2. The van der Waals surface area contributed by atoms with Crippen LogP contribution in [0.2, 0.25) is 0 Å². The monoisotopic (exact) mass is 266 g/mol. The van der Waals surface area contributed by atoms with Crippen molar-refractivity contribution in [3.05, 3.63) is 0 Å². The highest BCUT2D eigenvalue weighted by atomic mass is 15.2. The van der Waals surface area contributed by atoms with E-state index in [0.717, 1.165) is 23.7 Å². The van der Waals surface area contributed by atoms with E-state index in [1.165, 1.54) is 45.4 Å². The fourth-order valence-electron chi connectivity index (χ4n) is 3.92. The minimum Gasteiger partial charge on any atom is -0.310 e. The molecule has 1 saturated carbocycles. The van der Waals surface area contributed by atoms with Crippen LogP contribution in [0.1, 0.15) is 53.9 Å². The van der Waals surface area contributed by atoms with E-state index in [1.54, 1.807) is 0 Å². The van der Waals surface area contributed by atoms with Gasteiger partial charge in [-0.15, -0.1) is 0 Å². The number of rotatable bonds is 5. The van der Waals surface area contributed by atoms with Gasteiger partial charge in [0.1, 0.15) is 0 Å². The lowest BCUT2D eigenvalue weighted by Gasteiger charge is -2.37. The van der Waals surface area contributed by atoms with Gasteiger partial charge in [-0.05, 0) is 62.9 Å². The molecule has 1 heterocycles. The van der Waals surface area contributed by atoms with E-state index in [4.69, 9.17) is 0 Å². The molecule has 1 aliphatic carbocycles. The molecule has 0 amide bonds. The molecule has 2 nitrogen and oxygen atoms in total. The lowest BCUT2D eigenvalue weighted by atomic mass is 9.84. The van der Waals surface area contributed by atoms with Crippen molar-refractivity contribution in [3.63, 3.8) is 0 Å². The van der Waals surface area contributed by atoms with Gasteiger partial charge in [0.25, 0.3) is 0 Å².